The number of esters is 1. The standard InChI is InChI=1S/C30H32FNO4/c1-18-27(30(34)36-24-6-4-3-5-7-24)28(20-8-12-22(31)13-9-20)29-25(32-18)16-21(17-26(29)33)19-10-14-23(35-2)15-11-19/h8-15,21,24,28,32H,3-7,16-17H2,1-2H3/t21-,28-/m0/s1. The number of ether oxygens (including phenoxy) is 2. The second kappa shape index (κ2) is 10.3. The van der Waals surface area contributed by atoms with Crippen LogP contribution in [0.3, 0.4) is 0 Å². The van der Waals surface area contributed by atoms with E-state index in [4.69, 9.17) is 9.47 Å². The molecule has 2 aromatic carbocycles. The van der Waals surface area contributed by atoms with E-state index in [0.29, 0.717) is 29.7 Å². The molecule has 0 unspecified atom stereocenters. The van der Waals surface area contributed by atoms with Gasteiger partial charge in [0.25, 0.3) is 0 Å². The highest BCUT2D eigenvalue weighted by Gasteiger charge is 2.42. The maximum Gasteiger partial charge on any atom is 0.337 e. The number of carbonyl (C=O) groups excluding carboxylic acids is 2. The Kier molecular flexibility index (Phi) is 6.95. The molecule has 6 heteroatoms. The van der Waals surface area contributed by atoms with Crippen molar-refractivity contribution in [3.63, 3.8) is 0 Å². The van der Waals surface area contributed by atoms with E-state index in [0.717, 1.165) is 54.7 Å². The van der Waals surface area contributed by atoms with Gasteiger partial charge in [0, 0.05) is 29.3 Å². The van der Waals surface area contributed by atoms with E-state index in [9.17, 15) is 14.0 Å². The average molecular weight is 490 g/mol. The lowest BCUT2D eigenvalue weighted by Crippen LogP contribution is -2.37. The lowest BCUT2D eigenvalue weighted by Gasteiger charge is -2.37. The van der Waals surface area contributed by atoms with Gasteiger partial charge in [0.15, 0.2) is 5.78 Å². The molecule has 0 spiro atoms. The fraction of sp³-hybridized carbons (Fsp3) is 0.400. The van der Waals surface area contributed by atoms with Crippen molar-refractivity contribution in [2.24, 2.45) is 0 Å². The summed E-state index contributed by atoms with van der Waals surface area (Å²) >= 11 is 0. The minimum Gasteiger partial charge on any atom is -0.497 e. The SMILES string of the molecule is COc1ccc([C@@H]2CC(=O)C3=C(C2)NC(C)=C(C(=O)OC2CCCCC2)[C@@H]3c2ccc(F)cc2)cc1. The van der Waals surface area contributed by atoms with Crippen molar-refractivity contribution >= 4 is 11.8 Å². The molecule has 2 aliphatic carbocycles. The number of hydrogen-bond acceptors (Lipinski definition) is 5. The highest BCUT2D eigenvalue weighted by molar-refractivity contribution is 6.04. The summed E-state index contributed by atoms with van der Waals surface area (Å²) in [4.78, 5) is 27.2. The van der Waals surface area contributed by atoms with E-state index in [1.54, 1.807) is 19.2 Å². The largest absolute Gasteiger partial charge is 0.497 e. The number of ketones is 1. The van der Waals surface area contributed by atoms with E-state index in [-0.39, 0.29) is 23.6 Å². The van der Waals surface area contributed by atoms with Gasteiger partial charge in [-0.2, -0.15) is 0 Å². The van der Waals surface area contributed by atoms with Gasteiger partial charge in [-0.05, 0) is 80.3 Å². The third kappa shape index (κ3) is 4.81. The summed E-state index contributed by atoms with van der Waals surface area (Å²) in [5.74, 6) is -0.544. The summed E-state index contributed by atoms with van der Waals surface area (Å²) in [6.07, 6.45) is 5.88. The molecule has 1 N–H and O–H groups in total. The molecule has 36 heavy (non-hydrogen) atoms. The topological polar surface area (TPSA) is 64.6 Å². The molecule has 5 nitrogen and oxygen atoms in total. The monoisotopic (exact) mass is 489 g/mol. The predicted molar refractivity (Wildman–Crippen MR) is 135 cm³/mol. The van der Waals surface area contributed by atoms with Gasteiger partial charge in [0.1, 0.15) is 17.7 Å². The lowest BCUT2D eigenvalue weighted by atomic mass is 9.71. The van der Waals surface area contributed by atoms with E-state index >= 15 is 0 Å². The zero-order chi connectivity index (χ0) is 25.2. The van der Waals surface area contributed by atoms with E-state index < -0.39 is 11.9 Å². The normalized spacial score (nSPS) is 22.7. The molecule has 0 aromatic heterocycles. The maximum atomic E-state index is 13.8. The summed E-state index contributed by atoms with van der Waals surface area (Å²) in [7, 11) is 1.63. The molecule has 1 saturated carbocycles. The molecule has 5 rings (SSSR count). The molecule has 0 amide bonds. The molecule has 0 radical (unpaired) electrons. The third-order valence-electron chi connectivity index (χ3n) is 7.66. The molecule has 2 aromatic rings. The Morgan fingerprint density at radius 3 is 2.28 bits per heavy atom. The number of allylic oxidation sites excluding steroid dienone is 3. The number of halogens is 1. The van der Waals surface area contributed by atoms with Crippen LogP contribution in [0.1, 0.15) is 74.8 Å². The molecule has 3 aliphatic rings. The van der Waals surface area contributed by atoms with Crippen LogP contribution in [0.15, 0.2) is 71.1 Å². The molecule has 2 atom stereocenters. The van der Waals surface area contributed by atoms with Crippen LogP contribution in [0.2, 0.25) is 0 Å². The first-order valence-electron chi connectivity index (χ1n) is 12.8. The fourth-order valence-corrected chi connectivity index (χ4v) is 5.81. The lowest BCUT2D eigenvalue weighted by molar-refractivity contribution is -0.146. The summed E-state index contributed by atoms with van der Waals surface area (Å²) < 4.78 is 25.0. The number of benzene rings is 2. The molecule has 1 heterocycles. The Balaban J connectivity index is 1.50. The number of carbonyl (C=O) groups is 2. The Labute approximate surface area is 211 Å². The minimum atomic E-state index is -0.581. The molecule has 1 fully saturated rings. The second-order valence-electron chi connectivity index (χ2n) is 10.0. The van der Waals surface area contributed by atoms with Gasteiger partial charge >= 0.3 is 5.97 Å². The van der Waals surface area contributed by atoms with Crippen LogP contribution in [0, 0.1) is 5.82 Å². The van der Waals surface area contributed by atoms with Crippen LogP contribution >= 0.6 is 0 Å². The summed E-state index contributed by atoms with van der Waals surface area (Å²) in [6, 6.07) is 13.9. The van der Waals surface area contributed by atoms with Gasteiger partial charge < -0.3 is 14.8 Å². The number of Topliss-reactive ketones (excluding diaryl/α,β-unsaturated/α-hetero) is 1. The summed E-state index contributed by atoms with van der Waals surface area (Å²) in [5.41, 5.74) is 4.34. The highest BCUT2D eigenvalue weighted by Crippen LogP contribution is 2.46. The van der Waals surface area contributed by atoms with Crippen molar-refractivity contribution in [3.05, 3.63) is 88.0 Å². The van der Waals surface area contributed by atoms with E-state index in [1.807, 2.05) is 31.2 Å². The van der Waals surface area contributed by atoms with Crippen molar-refractivity contribution < 1.29 is 23.5 Å². The number of hydrogen-bond donors (Lipinski definition) is 1. The van der Waals surface area contributed by atoms with Crippen LogP contribution in [-0.2, 0) is 14.3 Å². The Hall–Kier alpha value is -3.41. The average Bonchev–Trinajstić information content (AvgIpc) is 2.89. The predicted octanol–water partition coefficient (Wildman–Crippen LogP) is 6.07. The Morgan fingerprint density at radius 2 is 1.61 bits per heavy atom. The first-order chi connectivity index (χ1) is 17.4. The van der Waals surface area contributed by atoms with Gasteiger partial charge in [-0.15, -0.1) is 0 Å². The molecular formula is C30H32FNO4. The van der Waals surface area contributed by atoms with E-state index in [1.165, 1.54) is 12.1 Å². The number of nitrogens with one attached hydrogen (secondary N) is 1. The highest BCUT2D eigenvalue weighted by atomic mass is 19.1. The van der Waals surface area contributed by atoms with Crippen LogP contribution in [0.5, 0.6) is 5.75 Å². The first kappa shape index (κ1) is 24.3. The maximum absolute atomic E-state index is 13.8. The van der Waals surface area contributed by atoms with Gasteiger partial charge in [-0.1, -0.05) is 30.7 Å². The Bertz CT molecular complexity index is 1210. The molecule has 1 aliphatic heterocycles. The van der Waals surface area contributed by atoms with Crippen molar-refractivity contribution in [2.45, 2.75) is 69.8 Å². The second-order valence-corrected chi connectivity index (χ2v) is 10.0. The first-order valence-corrected chi connectivity index (χ1v) is 12.8. The molecule has 0 saturated heterocycles. The van der Waals surface area contributed by atoms with Crippen LogP contribution in [0.25, 0.3) is 0 Å². The summed E-state index contributed by atoms with van der Waals surface area (Å²) in [6.45, 7) is 1.86. The van der Waals surface area contributed by atoms with Crippen LogP contribution < -0.4 is 10.1 Å². The van der Waals surface area contributed by atoms with Gasteiger partial charge in [0.2, 0.25) is 0 Å². The van der Waals surface area contributed by atoms with E-state index in [2.05, 4.69) is 5.32 Å². The minimum absolute atomic E-state index is 0.00522. The molecule has 188 valence electrons. The molecular weight excluding hydrogens is 457 g/mol. The van der Waals surface area contributed by atoms with Crippen LogP contribution in [-0.4, -0.2) is 25.0 Å². The fourth-order valence-electron chi connectivity index (χ4n) is 5.81. The number of rotatable bonds is 5. The Morgan fingerprint density at radius 1 is 0.944 bits per heavy atom. The van der Waals surface area contributed by atoms with Crippen molar-refractivity contribution in [2.75, 3.05) is 7.11 Å². The van der Waals surface area contributed by atoms with Gasteiger partial charge in [-0.25, -0.2) is 9.18 Å². The number of dihydropyridines is 1. The third-order valence-corrected chi connectivity index (χ3v) is 7.66. The quantitative estimate of drug-likeness (QED) is 0.517. The zero-order valence-corrected chi connectivity index (χ0v) is 20.8. The van der Waals surface area contributed by atoms with Crippen molar-refractivity contribution in [1.82, 2.24) is 5.32 Å². The molecule has 0 bridgehead atoms. The van der Waals surface area contributed by atoms with Crippen molar-refractivity contribution in [1.29, 1.82) is 0 Å². The smallest absolute Gasteiger partial charge is 0.337 e. The van der Waals surface area contributed by atoms with Crippen LogP contribution in [0.4, 0.5) is 4.39 Å². The van der Waals surface area contributed by atoms with Gasteiger partial charge in [0.05, 0.1) is 12.7 Å². The summed E-state index contributed by atoms with van der Waals surface area (Å²) in [5, 5.41) is 3.39. The zero-order valence-electron chi connectivity index (χ0n) is 20.8. The van der Waals surface area contributed by atoms with Crippen molar-refractivity contribution in [3.8, 4) is 5.75 Å². The van der Waals surface area contributed by atoms with Gasteiger partial charge in [-0.3, -0.25) is 4.79 Å². The number of methoxy groups -OCH3 is 1.